The van der Waals surface area contributed by atoms with Gasteiger partial charge in [0.1, 0.15) is 0 Å². The van der Waals surface area contributed by atoms with Crippen LogP contribution in [0.15, 0.2) is 58.2 Å². The summed E-state index contributed by atoms with van der Waals surface area (Å²) in [5, 5.41) is 0. The van der Waals surface area contributed by atoms with Crippen LogP contribution in [0.4, 0.5) is 0 Å². The summed E-state index contributed by atoms with van der Waals surface area (Å²) < 4.78 is 32.2. The van der Waals surface area contributed by atoms with Gasteiger partial charge in [-0.3, -0.25) is 4.52 Å². The molecule has 196 valence electrons. The molecule has 34 heavy (non-hydrogen) atoms. The Bertz CT molecular complexity index is 868. The third-order valence-electron chi connectivity index (χ3n) is 4.86. The molecular formula is C25H44O7P2. The number of hydrogen-bond acceptors (Lipinski definition) is 4. The van der Waals surface area contributed by atoms with Crippen molar-refractivity contribution in [3.05, 3.63) is 58.2 Å². The fourth-order valence-electron chi connectivity index (χ4n) is 3.11. The van der Waals surface area contributed by atoms with Crippen LogP contribution in [0, 0.1) is 0 Å². The van der Waals surface area contributed by atoms with Gasteiger partial charge < -0.3 is 14.7 Å². The van der Waals surface area contributed by atoms with Crippen molar-refractivity contribution in [2.45, 2.75) is 99.5 Å². The molecule has 2 unspecified atom stereocenters. The van der Waals surface area contributed by atoms with E-state index in [1.54, 1.807) is 6.08 Å². The van der Waals surface area contributed by atoms with Gasteiger partial charge in [-0.15, -0.1) is 0 Å². The maximum absolute atomic E-state index is 12.1. The molecule has 0 saturated heterocycles. The van der Waals surface area contributed by atoms with Crippen molar-refractivity contribution < 1.29 is 32.6 Å². The van der Waals surface area contributed by atoms with Gasteiger partial charge in [0.05, 0.1) is 6.10 Å². The highest BCUT2D eigenvalue weighted by Crippen LogP contribution is 2.58. The van der Waals surface area contributed by atoms with Crippen LogP contribution in [0.1, 0.15) is 93.4 Å². The molecule has 0 radical (unpaired) electrons. The molecule has 9 heteroatoms. The lowest BCUT2D eigenvalue weighted by Gasteiger charge is -2.18. The Labute approximate surface area is 206 Å². The Morgan fingerprint density at radius 1 is 0.706 bits per heavy atom. The fraction of sp³-hybridized carbons (Fsp3) is 0.600. The minimum absolute atomic E-state index is 0.282. The van der Waals surface area contributed by atoms with Gasteiger partial charge in [0.15, 0.2) is 0 Å². The predicted molar refractivity (Wildman–Crippen MR) is 140 cm³/mol. The third-order valence-corrected chi connectivity index (χ3v) is 7.07. The minimum atomic E-state index is -5.17. The highest BCUT2D eigenvalue weighted by atomic mass is 31.3. The Kier molecular flexibility index (Phi) is 16.1. The molecule has 0 aliphatic heterocycles. The van der Waals surface area contributed by atoms with Crippen LogP contribution < -0.4 is 0 Å². The maximum Gasteiger partial charge on any atom is 0.481 e. The van der Waals surface area contributed by atoms with Crippen molar-refractivity contribution in [1.82, 2.24) is 0 Å². The summed E-state index contributed by atoms with van der Waals surface area (Å²) in [6, 6.07) is 0. The summed E-state index contributed by atoms with van der Waals surface area (Å²) in [4.78, 5) is 27.6. The standard InChI is InChI=1S/C25H44O7P2/c1-20(2)11-8-13-22(5)14-10-15-23(6)17-18-25(19-24(7)16-9-12-21(3)4)31-34(29,30)32-33(26,27)28/h11-12,14,17,19,25H,8-10,13,15-16,18H2,1-7H3,(H,29,30)(H2,26,27,28). The number of hydrogen-bond donors (Lipinski definition) is 3. The SMILES string of the molecule is CC(C)=CCCC(C)=CCCC(C)=CCC(C=C(C)CCC=C(C)C)OP(=O)(O)OP(=O)(O)O. The first kappa shape index (κ1) is 33.0. The molecule has 3 N–H and O–H groups in total. The van der Waals surface area contributed by atoms with E-state index in [0.717, 1.165) is 49.7 Å². The summed E-state index contributed by atoms with van der Waals surface area (Å²) in [5.41, 5.74) is 5.91. The van der Waals surface area contributed by atoms with Crippen LogP contribution in [0.3, 0.4) is 0 Å². The second-order valence-corrected chi connectivity index (χ2v) is 12.0. The normalized spacial score (nSPS) is 16.1. The monoisotopic (exact) mass is 518 g/mol. The van der Waals surface area contributed by atoms with E-state index >= 15 is 0 Å². The van der Waals surface area contributed by atoms with Crippen LogP contribution >= 0.6 is 15.6 Å². The van der Waals surface area contributed by atoms with Gasteiger partial charge in [0.25, 0.3) is 0 Å². The van der Waals surface area contributed by atoms with Gasteiger partial charge >= 0.3 is 15.6 Å². The summed E-state index contributed by atoms with van der Waals surface area (Å²) in [5.74, 6) is 0. The van der Waals surface area contributed by atoms with Gasteiger partial charge in [-0.2, -0.15) is 4.31 Å². The lowest BCUT2D eigenvalue weighted by atomic mass is 10.0. The summed E-state index contributed by atoms with van der Waals surface area (Å²) >= 11 is 0. The zero-order valence-corrected chi connectivity index (χ0v) is 23.6. The lowest BCUT2D eigenvalue weighted by molar-refractivity contribution is 0.151. The van der Waals surface area contributed by atoms with Gasteiger partial charge in [-0.25, -0.2) is 9.13 Å². The van der Waals surface area contributed by atoms with E-state index < -0.39 is 21.7 Å². The van der Waals surface area contributed by atoms with Crippen molar-refractivity contribution in [2.24, 2.45) is 0 Å². The number of allylic oxidation sites excluding steroid dienone is 8. The molecule has 2 atom stereocenters. The molecule has 0 aromatic heterocycles. The first-order chi connectivity index (χ1) is 15.6. The molecule has 0 spiro atoms. The highest BCUT2D eigenvalue weighted by Gasteiger charge is 2.34. The highest BCUT2D eigenvalue weighted by molar-refractivity contribution is 7.60. The average molecular weight is 519 g/mol. The molecule has 0 aliphatic carbocycles. The molecule has 7 nitrogen and oxygen atoms in total. The topological polar surface area (TPSA) is 113 Å². The third kappa shape index (κ3) is 20.3. The van der Waals surface area contributed by atoms with E-state index in [2.05, 4.69) is 43.3 Å². The van der Waals surface area contributed by atoms with E-state index in [9.17, 15) is 14.0 Å². The summed E-state index contributed by atoms with van der Waals surface area (Å²) in [7, 11) is -10.1. The van der Waals surface area contributed by atoms with Crippen molar-refractivity contribution in [3.63, 3.8) is 0 Å². The lowest BCUT2D eigenvalue weighted by Crippen LogP contribution is -2.09. The van der Waals surface area contributed by atoms with Crippen LogP contribution in [-0.2, 0) is 18.0 Å². The maximum atomic E-state index is 12.1. The average Bonchev–Trinajstić information content (AvgIpc) is 2.63. The Morgan fingerprint density at radius 2 is 1.15 bits per heavy atom. The Balaban J connectivity index is 5.19. The van der Waals surface area contributed by atoms with E-state index in [1.807, 2.05) is 33.8 Å². The van der Waals surface area contributed by atoms with Crippen LogP contribution in [0.2, 0.25) is 0 Å². The van der Waals surface area contributed by atoms with E-state index in [0.29, 0.717) is 0 Å². The second kappa shape index (κ2) is 16.6. The first-order valence-corrected chi connectivity index (χ1v) is 14.7. The van der Waals surface area contributed by atoms with Gasteiger partial charge in [0, 0.05) is 0 Å². The molecular weight excluding hydrogens is 474 g/mol. The van der Waals surface area contributed by atoms with Crippen molar-refractivity contribution in [2.75, 3.05) is 0 Å². The van der Waals surface area contributed by atoms with E-state index in [4.69, 9.17) is 14.3 Å². The zero-order chi connectivity index (χ0) is 26.4. The predicted octanol–water partition coefficient (Wildman–Crippen LogP) is 8.08. The molecule has 0 amide bonds. The number of rotatable bonds is 16. The van der Waals surface area contributed by atoms with Gasteiger partial charge in [-0.1, -0.05) is 58.2 Å². The quantitative estimate of drug-likeness (QED) is 0.140. The summed E-state index contributed by atoms with van der Waals surface area (Å²) in [6.07, 6.45) is 15.0. The zero-order valence-electron chi connectivity index (χ0n) is 21.8. The van der Waals surface area contributed by atoms with Crippen LogP contribution in [0.5, 0.6) is 0 Å². The minimum Gasteiger partial charge on any atom is -0.302 e. The molecule has 0 aliphatic rings. The fourth-order valence-corrected chi connectivity index (χ4v) is 4.83. The second-order valence-electron chi connectivity index (χ2n) is 9.21. The molecule has 0 heterocycles. The molecule has 0 rings (SSSR count). The Hall–Kier alpha value is -1.04. The first-order valence-electron chi connectivity index (χ1n) is 11.6. The Morgan fingerprint density at radius 3 is 1.62 bits per heavy atom. The van der Waals surface area contributed by atoms with Crippen molar-refractivity contribution in [3.8, 4) is 0 Å². The molecule has 0 aromatic carbocycles. The number of phosphoric acid groups is 2. The van der Waals surface area contributed by atoms with Crippen molar-refractivity contribution >= 4 is 15.6 Å². The molecule has 0 fully saturated rings. The van der Waals surface area contributed by atoms with E-state index in [1.165, 1.54) is 16.7 Å². The van der Waals surface area contributed by atoms with Crippen molar-refractivity contribution in [1.29, 1.82) is 0 Å². The number of phosphoric ester groups is 1. The van der Waals surface area contributed by atoms with Crippen LogP contribution in [-0.4, -0.2) is 20.8 Å². The van der Waals surface area contributed by atoms with E-state index in [-0.39, 0.29) is 6.42 Å². The summed E-state index contributed by atoms with van der Waals surface area (Å²) in [6.45, 7) is 14.2. The van der Waals surface area contributed by atoms with Gasteiger partial charge in [-0.05, 0) is 93.4 Å². The molecule has 0 bridgehead atoms. The molecule has 0 aromatic rings. The largest absolute Gasteiger partial charge is 0.481 e. The van der Waals surface area contributed by atoms with Crippen LogP contribution in [0.25, 0.3) is 0 Å². The smallest absolute Gasteiger partial charge is 0.302 e. The van der Waals surface area contributed by atoms with Gasteiger partial charge in [0.2, 0.25) is 0 Å². The molecule has 0 saturated carbocycles.